The van der Waals surface area contributed by atoms with E-state index in [1.807, 2.05) is 53.7 Å². The fourth-order valence-corrected chi connectivity index (χ4v) is 3.85. The van der Waals surface area contributed by atoms with E-state index in [1.54, 1.807) is 6.92 Å². The van der Waals surface area contributed by atoms with Crippen molar-refractivity contribution in [2.45, 2.75) is 66.2 Å². The minimum Gasteiger partial charge on any atom is -0.467 e. The summed E-state index contributed by atoms with van der Waals surface area (Å²) in [6, 6.07) is 3.63. The number of carbonyl (C=O) groups excluding carboxylic acids is 3. The Morgan fingerprint density at radius 2 is 1.63 bits per heavy atom. The van der Waals surface area contributed by atoms with E-state index in [0.29, 0.717) is 5.69 Å². The van der Waals surface area contributed by atoms with E-state index in [-0.39, 0.29) is 16.4 Å². The first kappa shape index (κ1) is 28.1. The van der Waals surface area contributed by atoms with Crippen LogP contribution < -0.4 is 16.0 Å². The SMILES string of the molecule is COC(=O)[C@@H](NC(=O)c1ncc(Cl)cc1NC(=O)Nc1c(C)cc(C)cc1C)C(C)OC(C)(C)C. The second-order valence-corrected chi connectivity index (χ2v) is 9.75. The zero-order valence-corrected chi connectivity index (χ0v) is 22.1. The van der Waals surface area contributed by atoms with Crippen molar-refractivity contribution in [1.29, 1.82) is 0 Å². The number of rotatable bonds is 7. The van der Waals surface area contributed by atoms with E-state index in [0.717, 1.165) is 16.7 Å². The maximum absolute atomic E-state index is 13.1. The molecule has 35 heavy (non-hydrogen) atoms. The summed E-state index contributed by atoms with van der Waals surface area (Å²) in [6.45, 7) is 12.9. The summed E-state index contributed by atoms with van der Waals surface area (Å²) in [5.41, 5.74) is 2.91. The Morgan fingerprint density at radius 1 is 1.03 bits per heavy atom. The number of amides is 3. The van der Waals surface area contributed by atoms with E-state index >= 15 is 0 Å². The molecule has 0 aliphatic rings. The van der Waals surface area contributed by atoms with Gasteiger partial charge in [-0.05, 0) is 65.7 Å². The van der Waals surface area contributed by atoms with Crippen molar-refractivity contribution in [2.24, 2.45) is 0 Å². The number of urea groups is 1. The number of nitrogens with zero attached hydrogens (tertiary/aromatic N) is 1. The van der Waals surface area contributed by atoms with Gasteiger partial charge in [0.1, 0.15) is 0 Å². The van der Waals surface area contributed by atoms with Gasteiger partial charge >= 0.3 is 12.0 Å². The number of nitrogens with one attached hydrogen (secondary N) is 3. The van der Waals surface area contributed by atoms with Crippen molar-refractivity contribution in [3.05, 3.63) is 51.8 Å². The zero-order chi connectivity index (χ0) is 26.5. The van der Waals surface area contributed by atoms with Gasteiger partial charge in [0, 0.05) is 11.9 Å². The fourth-order valence-electron chi connectivity index (χ4n) is 3.69. The van der Waals surface area contributed by atoms with Gasteiger partial charge in [0.05, 0.1) is 29.5 Å². The Hall–Kier alpha value is -3.17. The number of aromatic nitrogens is 1. The van der Waals surface area contributed by atoms with Crippen molar-refractivity contribution in [2.75, 3.05) is 17.7 Å². The van der Waals surface area contributed by atoms with Crippen molar-refractivity contribution in [3.63, 3.8) is 0 Å². The third-order valence-corrected chi connectivity index (χ3v) is 5.19. The molecule has 0 bridgehead atoms. The molecule has 3 amide bonds. The lowest BCUT2D eigenvalue weighted by Gasteiger charge is -2.30. The smallest absolute Gasteiger partial charge is 0.331 e. The zero-order valence-electron chi connectivity index (χ0n) is 21.3. The Balaban J connectivity index is 2.28. The fraction of sp³-hybridized carbons (Fsp3) is 0.440. The summed E-state index contributed by atoms with van der Waals surface area (Å²) in [5, 5.41) is 8.25. The topological polar surface area (TPSA) is 119 Å². The monoisotopic (exact) mass is 504 g/mol. The van der Waals surface area contributed by atoms with E-state index in [4.69, 9.17) is 21.1 Å². The predicted molar refractivity (Wildman–Crippen MR) is 136 cm³/mol. The lowest BCUT2D eigenvalue weighted by molar-refractivity contribution is -0.150. The molecule has 10 heteroatoms. The molecule has 0 aliphatic carbocycles. The lowest BCUT2D eigenvalue weighted by Crippen LogP contribution is -2.51. The molecule has 1 aromatic heterocycles. The molecule has 1 heterocycles. The third kappa shape index (κ3) is 7.93. The van der Waals surface area contributed by atoms with Crippen LogP contribution >= 0.6 is 11.6 Å². The Bertz CT molecular complexity index is 1090. The van der Waals surface area contributed by atoms with Crippen LogP contribution in [-0.2, 0) is 14.3 Å². The summed E-state index contributed by atoms with van der Waals surface area (Å²) in [4.78, 5) is 42.3. The third-order valence-electron chi connectivity index (χ3n) is 4.98. The van der Waals surface area contributed by atoms with Gasteiger partial charge in [-0.2, -0.15) is 0 Å². The van der Waals surface area contributed by atoms with Gasteiger partial charge in [-0.3, -0.25) is 4.79 Å². The number of methoxy groups -OCH3 is 1. The number of halogens is 1. The summed E-state index contributed by atoms with van der Waals surface area (Å²) in [6.07, 6.45) is 0.571. The van der Waals surface area contributed by atoms with Crippen molar-refractivity contribution >= 4 is 40.9 Å². The molecule has 0 fully saturated rings. The van der Waals surface area contributed by atoms with Crippen LogP contribution in [0.3, 0.4) is 0 Å². The van der Waals surface area contributed by atoms with E-state index in [1.165, 1.54) is 19.4 Å². The van der Waals surface area contributed by atoms with Crippen LogP contribution in [0.15, 0.2) is 24.4 Å². The largest absolute Gasteiger partial charge is 0.467 e. The van der Waals surface area contributed by atoms with Crippen LogP contribution in [0.25, 0.3) is 0 Å². The first-order valence-electron chi connectivity index (χ1n) is 11.1. The predicted octanol–water partition coefficient (Wildman–Crippen LogP) is 4.78. The van der Waals surface area contributed by atoms with Crippen LogP contribution in [0.2, 0.25) is 5.02 Å². The summed E-state index contributed by atoms with van der Waals surface area (Å²) >= 11 is 6.07. The minimum atomic E-state index is -1.11. The van der Waals surface area contributed by atoms with Crippen LogP contribution in [0.5, 0.6) is 0 Å². The molecule has 3 N–H and O–H groups in total. The Morgan fingerprint density at radius 3 is 2.17 bits per heavy atom. The molecule has 2 atom stereocenters. The standard InChI is InChI=1S/C25H33ClN4O5/c1-13-9-14(2)19(15(3)10-13)30-24(33)28-18-11-17(26)12-27-21(18)22(31)29-20(23(32)34-8)16(4)35-25(5,6)7/h9-12,16,20H,1-8H3,(H,29,31)(H2,28,30,33)/t16?,20-/m0/s1. The van der Waals surface area contributed by atoms with Gasteiger partial charge in [-0.15, -0.1) is 0 Å². The number of hydrogen-bond donors (Lipinski definition) is 3. The normalized spacial score (nSPS) is 12.9. The van der Waals surface area contributed by atoms with Crippen LogP contribution in [0.1, 0.15) is 54.9 Å². The average Bonchev–Trinajstić information content (AvgIpc) is 2.72. The second-order valence-electron chi connectivity index (χ2n) is 9.31. The van der Waals surface area contributed by atoms with Crippen LogP contribution in [-0.4, -0.2) is 47.7 Å². The number of carbonyl (C=O) groups is 3. The number of aryl methyl sites for hydroxylation is 3. The highest BCUT2D eigenvalue weighted by Gasteiger charge is 2.32. The molecule has 0 radical (unpaired) electrons. The first-order chi connectivity index (χ1) is 16.2. The summed E-state index contributed by atoms with van der Waals surface area (Å²) in [7, 11) is 1.22. The number of pyridine rings is 1. The molecular formula is C25H33ClN4O5. The molecule has 0 spiro atoms. The number of ether oxygens (including phenoxy) is 2. The quantitative estimate of drug-likeness (QED) is 0.467. The van der Waals surface area contributed by atoms with E-state index in [9.17, 15) is 14.4 Å². The molecule has 2 rings (SSSR count). The van der Waals surface area contributed by atoms with Crippen molar-refractivity contribution in [1.82, 2.24) is 10.3 Å². The van der Waals surface area contributed by atoms with Crippen molar-refractivity contribution in [3.8, 4) is 0 Å². The molecule has 0 saturated heterocycles. The van der Waals surface area contributed by atoms with Gasteiger partial charge in [0.2, 0.25) is 0 Å². The molecule has 2 aromatic rings. The molecule has 1 unspecified atom stereocenters. The summed E-state index contributed by atoms with van der Waals surface area (Å²) < 4.78 is 10.7. The molecule has 9 nitrogen and oxygen atoms in total. The minimum absolute atomic E-state index is 0.0722. The average molecular weight is 505 g/mol. The van der Waals surface area contributed by atoms with Gasteiger partial charge in [0.25, 0.3) is 5.91 Å². The Kier molecular flexibility index (Phi) is 9.23. The number of benzene rings is 1. The second kappa shape index (κ2) is 11.5. The van der Waals surface area contributed by atoms with Gasteiger partial charge in [-0.25, -0.2) is 14.6 Å². The van der Waals surface area contributed by atoms with Crippen LogP contribution in [0.4, 0.5) is 16.2 Å². The maximum atomic E-state index is 13.1. The molecule has 0 saturated carbocycles. The molecule has 0 aliphatic heterocycles. The highest BCUT2D eigenvalue weighted by atomic mass is 35.5. The van der Waals surface area contributed by atoms with Crippen molar-refractivity contribution < 1.29 is 23.9 Å². The maximum Gasteiger partial charge on any atom is 0.331 e. The van der Waals surface area contributed by atoms with Crippen LogP contribution in [0, 0.1) is 20.8 Å². The number of anilines is 2. The summed E-state index contributed by atoms with van der Waals surface area (Å²) in [5.74, 6) is -1.39. The van der Waals surface area contributed by atoms with Gasteiger partial charge in [0.15, 0.2) is 11.7 Å². The first-order valence-corrected chi connectivity index (χ1v) is 11.5. The molecule has 1 aromatic carbocycles. The lowest BCUT2D eigenvalue weighted by atomic mass is 10.1. The molecule has 190 valence electrons. The molecular weight excluding hydrogens is 472 g/mol. The highest BCUT2D eigenvalue weighted by Crippen LogP contribution is 2.24. The van der Waals surface area contributed by atoms with E-state index in [2.05, 4.69) is 20.9 Å². The van der Waals surface area contributed by atoms with Gasteiger partial charge in [-0.1, -0.05) is 29.3 Å². The van der Waals surface area contributed by atoms with Gasteiger partial charge < -0.3 is 25.4 Å². The number of hydrogen-bond acceptors (Lipinski definition) is 6. The van der Waals surface area contributed by atoms with E-state index < -0.39 is 35.7 Å². The number of esters is 1. The highest BCUT2D eigenvalue weighted by molar-refractivity contribution is 6.31. The Labute approximate surface area is 210 Å².